The van der Waals surface area contributed by atoms with Crippen LogP contribution in [0.15, 0.2) is 60.7 Å². The van der Waals surface area contributed by atoms with Gasteiger partial charge in [0, 0.05) is 18.5 Å². The highest BCUT2D eigenvalue weighted by Gasteiger charge is 2.12. The van der Waals surface area contributed by atoms with Gasteiger partial charge in [0.1, 0.15) is 24.7 Å². The molecule has 0 bridgehead atoms. The van der Waals surface area contributed by atoms with Crippen LogP contribution in [0.25, 0.3) is 10.8 Å². The predicted octanol–water partition coefficient (Wildman–Crippen LogP) is 4.66. The molecule has 1 aliphatic rings. The molecule has 0 saturated carbocycles. The number of ether oxygens (including phenoxy) is 2. The standard InChI is InChI=1S/C26H31NO3/c1-20(28)19-30-26-13-10-22-6-2-3-7-24(22)25(26)18-21-8-11-23(12-9-21)29-17-16-27-14-4-5-15-27/h2-3,6-13,20,28H,4-5,14-19H2,1H3. The van der Waals surface area contributed by atoms with Crippen LogP contribution < -0.4 is 9.47 Å². The fourth-order valence-corrected chi connectivity index (χ4v) is 4.05. The molecule has 30 heavy (non-hydrogen) atoms. The van der Waals surface area contributed by atoms with Gasteiger partial charge in [-0.3, -0.25) is 4.90 Å². The average molecular weight is 406 g/mol. The Morgan fingerprint density at radius 1 is 0.933 bits per heavy atom. The molecule has 1 N–H and O–H groups in total. The van der Waals surface area contributed by atoms with Crippen molar-refractivity contribution in [3.63, 3.8) is 0 Å². The van der Waals surface area contributed by atoms with E-state index in [9.17, 15) is 5.11 Å². The van der Waals surface area contributed by atoms with E-state index in [2.05, 4.69) is 59.5 Å². The molecule has 1 unspecified atom stereocenters. The highest BCUT2D eigenvalue weighted by Crippen LogP contribution is 2.31. The minimum atomic E-state index is -0.499. The van der Waals surface area contributed by atoms with Crippen molar-refractivity contribution < 1.29 is 14.6 Å². The zero-order chi connectivity index (χ0) is 20.8. The van der Waals surface area contributed by atoms with Gasteiger partial charge >= 0.3 is 0 Å². The van der Waals surface area contributed by atoms with Gasteiger partial charge in [0.15, 0.2) is 0 Å². The molecule has 1 saturated heterocycles. The normalized spacial score (nSPS) is 15.4. The lowest BCUT2D eigenvalue weighted by Gasteiger charge is -2.16. The molecule has 3 aromatic carbocycles. The van der Waals surface area contributed by atoms with Crippen LogP contribution in [0.5, 0.6) is 11.5 Å². The van der Waals surface area contributed by atoms with Gasteiger partial charge in [-0.2, -0.15) is 0 Å². The van der Waals surface area contributed by atoms with Crippen molar-refractivity contribution in [1.29, 1.82) is 0 Å². The second kappa shape index (κ2) is 9.96. The number of aliphatic hydroxyl groups is 1. The lowest BCUT2D eigenvalue weighted by Crippen LogP contribution is -2.25. The Morgan fingerprint density at radius 3 is 2.47 bits per heavy atom. The van der Waals surface area contributed by atoms with E-state index in [4.69, 9.17) is 9.47 Å². The molecule has 3 aromatic rings. The van der Waals surface area contributed by atoms with E-state index in [0.29, 0.717) is 0 Å². The van der Waals surface area contributed by atoms with Gasteiger partial charge in [0.2, 0.25) is 0 Å². The van der Waals surface area contributed by atoms with E-state index in [1.807, 2.05) is 6.07 Å². The Bertz CT molecular complexity index is 946. The summed E-state index contributed by atoms with van der Waals surface area (Å²) in [7, 11) is 0. The van der Waals surface area contributed by atoms with Crippen LogP contribution in [0.2, 0.25) is 0 Å². The zero-order valence-electron chi connectivity index (χ0n) is 17.7. The molecule has 0 spiro atoms. The Hall–Kier alpha value is -2.56. The summed E-state index contributed by atoms with van der Waals surface area (Å²) >= 11 is 0. The van der Waals surface area contributed by atoms with Crippen LogP contribution in [0.1, 0.15) is 30.9 Å². The number of hydrogen-bond acceptors (Lipinski definition) is 4. The van der Waals surface area contributed by atoms with Crippen LogP contribution in [0, 0.1) is 0 Å². The molecule has 1 heterocycles. The smallest absolute Gasteiger partial charge is 0.123 e. The third-order valence-corrected chi connectivity index (χ3v) is 5.66. The summed E-state index contributed by atoms with van der Waals surface area (Å²) in [4.78, 5) is 2.46. The number of rotatable bonds is 9. The molecule has 4 heteroatoms. The van der Waals surface area contributed by atoms with Crippen molar-refractivity contribution in [3.8, 4) is 11.5 Å². The van der Waals surface area contributed by atoms with E-state index in [1.165, 1.54) is 42.3 Å². The summed E-state index contributed by atoms with van der Waals surface area (Å²) in [6, 6.07) is 20.8. The summed E-state index contributed by atoms with van der Waals surface area (Å²) in [5, 5.41) is 12.0. The highest BCUT2D eigenvalue weighted by atomic mass is 16.5. The van der Waals surface area contributed by atoms with E-state index in [1.54, 1.807) is 6.92 Å². The zero-order valence-corrected chi connectivity index (χ0v) is 17.7. The van der Waals surface area contributed by atoms with Crippen molar-refractivity contribution in [2.24, 2.45) is 0 Å². The van der Waals surface area contributed by atoms with Crippen molar-refractivity contribution >= 4 is 10.8 Å². The molecule has 1 atom stereocenters. The van der Waals surface area contributed by atoms with Crippen LogP contribution in [-0.4, -0.2) is 49.0 Å². The molecule has 4 nitrogen and oxygen atoms in total. The number of nitrogens with zero attached hydrogens (tertiary/aromatic N) is 1. The summed E-state index contributed by atoms with van der Waals surface area (Å²) in [5.41, 5.74) is 2.36. The Morgan fingerprint density at radius 2 is 1.70 bits per heavy atom. The number of benzene rings is 3. The third-order valence-electron chi connectivity index (χ3n) is 5.66. The lowest BCUT2D eigenvalue weighted by molar-refractivity contribution is 0.122. The van der Waals surface area contributed by atoms with E-state index < -0.39 is 6.10 Å². The highest BCUT2D eigenvalue weighted by molar-refractivity contribution is 5.88. The van der Waals surface area contributed by atoms with Gasteiger partial charge < -0.3 is 14.6 Å². The summed E-state index contributed by atoms with van der Waals surface area (Å²) < 4.78 is 11.9. The lowest BCUT2D eigenvalue weighted by atomic mass is 9.97. The van der Waals surface area contributed by atoms with E-state index in [0.717, 1.165) is 36.6 Å². The molecule has 4 rings (SSSR count). The first-order chi connectivity index (χ1) is 14.7. The first-order valence-corrected chi connectivity index (χ1v) is 10.9. The molecule has 1 fully saturated rings. The van der Waals surface area contributed by atoms with Crippen LogP contribution >= 0.6 is 0 Å². The summed E-state index contributed by atoms with van der Waals surface area (Å²) in [6.45, 7) is 6.17. The van der Waals surface area contributed by atoms with E-state index in [-0.39, 0.29) is 6.61 Å². The maximum atomic E-state index is 9.64. The SMILES string of the molecule is CC(O)COc1ccc2ccccc2c1Cc1ccc(OCCN2CCCC2)cc1. The van der Waals surface area contributed by atoms with Crippen molar-refractivity contribution in [3.05, 3.63) is 71.8 Å². The molecule has 0 aromatic heterocycles. The molecular weight excluding hydrogens is 374 g/mol. The number of fused-ring (bicyclic) bond motifs is 1. The fourth-order valence-electron chi connectivity index (χ4n) is 4.05. The average Bonchev–Trinajstić information content (AvgIpc) is 3.28. The van der Waals surface area contributed by atoms with Crippen molar-refractivity contribution in [2.45, 2.75) is 32.3 Å². The molecule has 0 radical (unpaired) electrons. The fraction of sp³-hybridized carbons (Fsp3) is 0.385. The Balaban J connectivity index is 1.46. The topological polar surface area (TPSA) is 41.9 Å². The molecule has 1 aliphatic heterocycles. The number of likely N-dealkylation sites (tertiary alicyclic amines) is 1. The first kappa shape index (κ1) is 20.7. The monoisotopic (exact) mass is 405 g/mol. The number of aliphatic hydroxyl groups excluding tert-OH is 1. The quantitative estimate of drug-likeness (QED) is 0.562. The minimum absolute atomic E-state index is 0.287. The molecule has 0 amide bonds. The van der Waals surface area contributed by atoms with Crippen molar-refractivity contribution in [1.82, 2.24) is 4.90 Å². The molecular formula is C26H31NO3. The van der Waals surface area contributed by atoms with Gasteiger partial charge in [0.25, 0.3) is 0 Å². The summed E-state index contributed by atoms with van der Waals surface area (Å²) in [5.74, 6) is 1.75. The maximum Gasteiger partial charge on any atom is 0.123 e. The Labute approximate surface area is 179 Å². The third kappa shape index (κ3) is 5.32. The maximum absolute atomic E-state index is 9.64. The second-order valence-electron chi connectivity index (χ2n) is 8.14. The van der Waals surface area contributed by atoms with Crippen molar-refractivity contribution in [2.75, 3.05) is 32.8 Å². The number of hydrogen-bond donors (Lipinski definition) is 1. The van der Waals surface area contributed by atoms with E-state index >= 15 is 0 Å². The largest absolute Gasteiger partial charge is 0.492 e. The second-order valence-corrected chi connectivity index (χ2v) is 8.14. The van der Waals surface area contributed by atoms with Gasteiger partial charge in [-0.05, 0) is 67.4 Å². The molecule has 158 valence electrons. The van der Waals surface area contributed by atoms with Crippen LogP contribution in [0.4, 0.5) is 0 Å². The van der Waals surface area contributed by atoms with Gasteiger partial charge in [0.05, 0.1) is 6.10 Å². The molecule has 0 aliphatic carbocycles. The Kier molecular flexibility index (Phi) is 6.88. The predicted molar refractivity (Wildman–Crippen MR) is 122 cm³/mol. The van der Waals surface area contributed by atoms with Gasteiger partial charge in [-0.25, -0.2) is 0 Å². The van der Waals surface area contributed by atoms with Crippen LogP contribution in [-0.2, 0) is 6.42 Å². The summed E-state index contributed by atoms with van der Waals surface area (Å²) in [6.07, 6.45) is 2.89. The first-order valence-electron chi connectivity index (χ1n) is 10.9. The van der Waals surface area contributed by atoms with Gasteiger partial charge in [-0.1, -0.05) is 42.5 Å². The van der Waals surface area contributed by atoms with Crippen LogP contribution in [0.3, 0.4) is 0 Å². The van der Waals surface area contributed by atoms with Gasteiger partial charge in [-0.15, -0.1) is 0 Å². The minimum Gasteiger partial charge on any atom is -0.492 e.